The van der Waals surface area contributed by atoms with Gasteiger partial charge in [0.2, 0.25) is 11.8 Å². The number of para-hydroxylation sites is 1. The lowest BCUT2D eigenvalue weighted by atomic mass is 10.1. The van der Waals surface area contributed by atoms with Gasteiger partial charge in [-0.3, -0.25) is 4.79 Å². The van der Waals surface area contributed by atoms with Gasteiger partial charge in [0.25, 0.3) is 0 Å². The maximum Gasteiger partial charge on any atom is 0.337 e. The zero-order chi connectivity index (χ0) is 15.4. The van der Waals surface area contributed by atoms with Crippen LogP contribution in [-0.2, 0) is 11.2 Å². The van der Waals surface area contributed by atoms with E-state index in [-0.39, 0.29) is 30.0 Å². The predicted octanol–water partition coefficient (Wildman–Crippen LogP) is 1.79. The molecular weight excluding hydrogens is 281 g/mol. The Labute approximate surface area is 118 Å². The molecule has 0 aliphatic carbocycles. The number of benzene rings is 1. The molecule has 1 aromatic carbocycles. The lowest BCUT2D eigenvalue weighted by molar-refractivity contribution is -0.116. The number of carbonyl (C=O) groups excluding carboxylic acids is 1. The number of anilines is 1. The van der Waals surface area contributed by atoms with Crippen LogP contribution >= 0.6 is 0 Å². The Morgan fingerprint density at radius 2 is 2.19 bits per heavy atom. The van der Waals surface area contributed by atoms with Crippen LogP contribution in [0, 0.1) is 12.7 Å². The lowest BCUT2D eigenvalue weighted by Crippen LogP contribution is -2.16. The fourth-order valence-corrected chi connectivity index (χ4v) is 1.69. The topological polar surface area (TPSA) is 105 Å². The van der Waals surface area contributed by atoms with Crippen LogP contribution in [0.25, 0.3) is 0 Å². The van der Waals surface area contributed by atoms with E-state index in [4.69, 9.17) is 9.63 Å². The number of nitrogens with one attached hydrogen (secondary N) is 1. The molecule has 0 bridgehead atoms. The molecule has 7 nitrogen and oxygen atoms in total. The van der Waals surface area contributed by atoms with Gasteiger partial charge in [-0.2, -0.15) is 4.98 Å². The van der Waals surface area contributed by atoms with Gasteiger partial charge < -0.3 is 14.9 Å². The van der Waals surface area contributed by atoms with Crippen LogP contribution in [0.1, 0.15) is 28.5 Å². The van der Waals surface area contributed by atoms with Crippen molar-refractivity contribution in [3.63, 3.8) is 0 Å². The molecule has 0 fully saturated rings. The summed E-state index contributed by atoms with van der Waals surface area (Å²) >= 11 is 0. The highest BCUT2D eigenvalue weighted by molar-refractivity contribution is 6.00. The molecular formula is C13H12FN3O4. The van der Waals surface area contributed by atoms with E-state index < -0.39 is 17.7 Å². The number of aromatic nitrogens is 2. The summed E-state index contributed by atoms with van der Waals surface area (Å²) in [4.78, 5) is 26.7. The molecule has 0 saturated carbocycles. The first kappa shape index (κ1) is 14.6. The van der Waals surface area contributed by atoms with Crippen LogP contribution in [-0.4, -0.2) is 27.1 Å². The number of hydrogen-bond donors (Lipinski definition) is 2. The van der Waals surface area contributed by atoms with Gasteiger partial charge in [-0.1, -0.05) is 11.2 Å². The first-order chi connectivity index (χ1) is 9.97. The molecule has 21 heavy (non-hydrogen) atoms. The molecule has 1 amide bonds. The van der Waals surface area contributed by atoms with E-state index in [1.165, 1.54) is 12.1 Å². The Bertz CT molecular complexity index is 684. The summed E-state index contributed by atoms with van der Waals surface area (Å²) in [6.45, 7) is 1.64. The van der Waals surface area contributed by atoms with Gasteiger partial charge in [-0.15, -0.1) is 0 Å². The summed E-state index contributed by atoms with van der Waals surface area (Å²) in [5, 5.41) is 14.8. The molecule has 0 aliphatic heterocycles. The minimum Gasteiger partial charge on any atom is -0.478 e. The highest BCUT2D eigenvalue weighted by Gasteiger charge is 2.17. The van der Waals surface area contributed by atoms with E-state index in [1.54, 1.807) is 6.92 Å². The van der Waals surface area contributed by atoms with Crippen LogP contribution in [0.3, 0.4) is 0 Å². The number of carboxylic acid groups (broad SMARTS) is 1. The Balaban J connectivity index is 2.04. The van der Waals surface area contributed by atoms with Crippen molar-refractivity contribution < 1.29 is 23.6 Å². The number of halogens is 1. The fraction of sp³-hybridized carbons (Fsp3) is 0.231. The monoisotopic (exact) mass is 293 g/mol. The zero-order valence-corrected chi connectivity index (χ0v) is 11.1. The van der Waals surface area contributed by atoms with E-state index in [0.29, 0.717) is 5.82 Å². The van der Waals surface area contributed by atoms with Crippen LogP contribution in [0.2, 0.25) is 0 Å². The highest BCUT2D eigenvalue weighted by Crippen LogP contribution is 2.20. The maximum atomic E-state index is 13.6. The summed E-state index contributed by atoms with van der Waals surface area (Å²) in [5.41, 5.74) is -0.659. The number of carboxylic acids is 1. The second kappa shape index (κ2) is 6.12. The average molecular weight is 293 g/mol. The number of aromatic carboxylic acids is 1. The quantitative estimate of drug-likeness (QED) is 0.870. The van der Waals surface area contributed by atoms with E-state index in [0.717, 1.165) is 6.07 Å². The molecule has 1 aromatic heterocycles. The van der Waals surface area contributed by atoms with Gasteiger partial charge in [-0.05, 0) is 19.1 Å². The molecule has 0 aliphatic rings. The number of rotatable bonds is 5. The third-order valence-electron chi connectivity index (χ3n) is 2.64. The Kier molecular flexibility index (Phi) is 4.27. The van der Waals surface area contributed by atoms with Crippen LogP contribution in [0.5, 0.6) is 0 Å². The Morgan fingerprint density at radius 3 is 2.81 bits per heavy atom. The fourth-order valence-electron chi connectivity index (χ4n) is 1.69. The summed E-state index contributed by atoms with van der Waals surface area (Å²) in [7, 11) is 0. The van der Waals surface area contributed by atoms with Gasteiger partial charge in [0.05, 0.1) is 11.3 Å². The SMILES string of the molecule is Cc1noc(CCC(=O)Nc2c(F)cccc2C(=O)O)n1. The summed E-state index contributed by atoms with van der Waals surface area (Å²) < 4.78 is 18.5. The molecule has 2 aromatic rings. The molecule has 8 heteroatoms. The minimum atomic E-state index is -1.32. The standard InChI is InChI=1S/C13H12FN3O4/c1-7-15-11(21-17-7)6-5-10(18)16-12-8(13(19)20)3-2-4-9(12)14/h2-4H,5-6H2,1H3,(H,16,18)(H,19,20). The van der Waals surface area contributed by atoms with Crippen molar-refractivity contribution in [3.8, 4) is 0 Å². The van der Waals surface area contributed by atoms with E-state index in [1.807, 2.05) is 0 Å². The minimum absolute atomic E-state index is 0.0327. The molecule has 110 valence electrons. The van der Waals surface area contributed by atoms with Crippen molar-refractivity contribution in [2.75, 3.05) is 5.32 Å². The van der Waals surface area contributed by atoms with Crippen molar-refractivity contribution in [2.24, 2.45) is 0 Å². The number of aryl methyl sites for hydroxylation is 2. The second-order valence-corrected chi connectivity index (χ2v) is 4.25. The molecule has 1 heterocycles. The first-order valence-electron chi connectivity index (χ1n) is 6.08. The van der Waals surface area contributed by atoms with Crippen LogP contribution in [0.4, 0.5) is 10.1 Å². The van der Waals surface area contributed by atoms with Gasteiger partial charge in [0.15, 0.2) is 5.82 Å². The molecule has 2 N–H and O–H groups in total. The Hall–Kier alpha value is -2.77. The molecule has 0 saturated heterocycles. The number of amides is 1. The number of carbonyl (C=O) groups is 2. The molecule has 0 radical (unpaired) electrons. The van der Waals surface area contributed by atoms with E-state index in [2.05, 4.69) is 15.5 Å². The average Bonchev–Trinajstić information content (AvgIpc) is 2.84. The molecule has 2 rings (SSSR count). The maximum absolute atomic E-state index is 13.6. The summed E-state index contributed by atoms with van der Waals surface area (Å²) in [6.07, 6.45) is 0.151. The second-order valence-electron chi connectivity index (χ2n) is 4.25. The summed E-state index contributed by atoms with van der Waals surface area (Å²) in [6, 6.07) is 3.54. The summed E-state index contributed by atoms with van der Waals surface area (Å²) in [5.74, 6) is -1.94. The molecule has 0 unspecified atom stereocenters. The predicted molar refractivity (Wildman–Crippen MR) is 69.3 cm³/mol. The smallest absolute Gasteiger partial charge is 0.337 e. The number of nitrogens with zero attached hydrogens (tertiary/aromatic N) is 2. The van der Waals surface area contributed by atoms with Crippen molar-refractivity contribution in [3.05, 3.63) is 41.3 Å². The van der Waals surface area contributed by atoms with Crippen LogP contribution in [0.15, 0.2) is 22.7 Å². The van der Waals surface area contributed by atoms with Crippen molar-refractivity contribution in [1.29, 1.82) is 0 Å². The Morgan fingerprint density at radius 1 is 1.43 bits per heavy atom. The van der Waals surface area contributed by atoms with Crippen molar-refractivity contribution in [2.45, 2.75) is 19.8 Å². The first-order valence-corrected chi connectivity index (χ1v) is 6.08. The van der Waals surface area contributed by atoms with E-state index in [9.17, 15) is 14.0 Å². The normalized spacial score (nSPS) is 10.4. The lowest BCUT2D eigenvalue weighted by Gasteiger charge is -2.08. The van der Waals surface area contributed by atoms with E-state index >= 15 is 0 Å². The van der Waals surface area contributed by atoms with Crippen LogP contribution < -0.4 is 5.32 Å². The van der Waals surface area contributed by atoms with Crippen molar-refractivity contribution in [1.82, 2.24) is 10.1 Å². The molecule has 0 spiro atoms. The number of hydrogen-bond acceptors (Lipinski definition) is 5. The van der Waals surface area contributed by atoms with Gasteiger partial charge >= 0.3 is 5.97 Å². The van der Waals surface area contributed by atoms with Crippen molar-refractivity contribution >= 4 is 17.6 Å². The van der Waals surface area contributed by atoms with Gasteiger partial charge in [0, 0.05) is 12.8 Å². The molecule has 0 atom stereocenters. The van der Waals surface area contributed by atoms with Gasteiger partial charge in [-0.25, -0.2) is 9.18 Å². The zero-order valence-electron chi connectivity index (χ0n) is 11.1. The van der Waals surface area contributed by atoms with Gasteiger partial charge in [0.1, 0.15) is 5.82 Å². The third-order valence-corrected chi connectivity index (χ3v) is 2.64. The largest absolute Gasteiger partial charge is 0.478 e. The highest BCUT2D eigenvalue weighted by atomic mass is 19.1. The third kappa shape index (κ3) is 3.62.